The predicted molar refractivity (Wildman–Crippen MR) is 108 cm³/mol. The van der Waals surface area contributed by atoms with Crippen molar-refractivity contribution in [2.45, 2.75) is 13.8 Å². The molecular weight excluding hydrogens is 360 g/mol. The molecule has 0 saturated heterocycles. The van der Waals surface area contributed by atoms with Gasteiger partial charge in [0.15, 0.2) is 5.58 Å². The lowest BCUT2D eigenvalue weighted by atomic mass is 10.1. The Morgan fingerprint density at radius 3 is 2.59 bits per heavy atom. The van der Waals surface area contributed by atoms with Crippen LogP contribution >= 0.6 is 11.6 Å². The van der Waals surface area contributed by atoms with Crippen LogP contribution in [-0.2, 0) is 0 Å². The fraction of sp³-hybridized carbons (Fsp3) is 0.0909. The molecule has 4 aromatic rings. The summed E-state index contributed by atoms with van der Waals surface area (Å²) < 4.78 is 5.89. The van der Waals surface area contributed by atoms with Gasteiger partial charge in [0.25, 0.3) is 5.91 Å². The molecule has 0 saturated carbocycles. The average molecular weight is 377 g/mol. The number of rotatable bonds is 3. The number of carbonyl (C=O) groups is 1. The number of benzene rings is 3. The van der Waals surface area contributed by atoms with E-state index >= 15 is 0 Å². The molecule has 4 rings (SSSR count). The van der Waals surface area contributed by atoms with Crippen molar-refractivity contribution in [3.63, 3.8) is 0 Å². The van der Waals surface area contributed by atoms with Crippen LogP contribution < -0.4 is 5.32 Å². The van der Waals surface area contributed by atoms with E-state index in [1.54, 1.807) is 24.3 Å². The standard InChI is InChI=1S/C22H17ClN2O2/c1-13-10-11-15(22-25-20-14(2)6-5-9-19(20)27-22)12-18(13)24-21(26)16-7-3-4-8-17(16)23/h3-12H,1-2H3,(H,24,26). The van der Waals surface area contributed by atoms with E-state index < -0.39 is 0 Å². The monoisotopic (exact) mass is 376 g/mol. The van der Waals surface area contributed by atoms with Gasteiger partial charge in [-0.05, 0) is 55.3 Å². The number of oxazole rings is 1. The summed E-state index contributed by atoms with van der Waals surface area (Å²) >= 11 is 6.13. The molecule has 1 N–H and O–H groups in total. The zero-order chi connectivity index (χ0) is 19.0. The Morgan fingerprint density at radius 1 is 1.00 bits per heavy atom. The quantitative estimate of drug-likeness (QED) is 0.475. The van der Waals surface area contributed by atoms with E-state index in [1.165, 1.54) is 0 Å². The van der Waals surface area contributed by atoms with Gasteiger partial charge in [0, 0.05) is 11.3 Å². The minimum atomic E-state index is -0.255. The minimum absolute atomic E-state index is 0.255. The van der Waals surface area contributed by atoms with Gasteiger partial charge in [-0.3, -0.25) is 4.79 Å². The van der Waals surface area contributed by atoms with Crippen LogP contribution in [0.15, 0.2) is 65.1 Å². The third kappa shape index (κ3) is 3.32. The Morgan fingerprint density at radius 2 is 1.81 bits per heavy atom. The Kier molecular flexibility index (Phi) is 4.42. The summed E-state index contributed by atoms with van der Waals surface area (Å²) in [7, 11) is 0. The first-order chi connectivity index (χ1) is 13.0. The number of nitrogens with one attached hydrogen (secondary N) is 1. The van der Waals surface area contributed by atoms with Crippen molar-refractivity contribution in [3.05, 3.63) is 82.4 Å². The summed E-state index contributed by atoms with van der Waals surface area (Å²) in [4.78, 5) is 17.2. The molecule has 0 unspecified atom stereocenters. The third-order valence-corrected chi connectivity index (χ3v) is 4.80. The minimum Gasteiger partial charge on any atom is -0.436 e. The van der Waals surface area contributed by atoms with Gasteiger partial charge in [-0.15, -0.1) is 0 Å². The number of carbonyl (C=O) groups excluding carboxylic acids is 1. The van der Waals surface area contributed by atoms with Crippen molar-refractivity contribution in [2.75, 3.05) is 5.32 Å². The number of hydrogen-bond acceptors (Lipinski definition) is 3. The highest BCUT2D eigenvalue weighted by atomic mass is 35.5. The van der Waals surface area contributed by atoms with Crippen molar-refractivity contribution in [1.82, 2.24) is 4.98 Å². The van der Waals surface area contributed by atoms with Gasteiger partial charge in [-0.25, -0.2) is 4.98 Å². The van der Waals surface area contributed by atoms with Crippen molar-refractivity contribution < 1.29 is 9.21 Å². The van der Waals surface area contributed by atoms with Gasteiger partial charge in [-0.2, -0.15) is 0 Å². The predicted octanol–water partition coefficient (Wildman–Crippen LogP) is 6.02. The lowest BCUT2D eigenvalue weighted by Gasteiger charge is -2.10. The van der Waals surface area contributed by atoms with Gasteiger partial charge in [0.1, 0.15) is 5.52 Å². The fourth-order valence-corrected chi connectivity index (χ4v) is 3.16. The largest absolute Gasteiger partial charge is 0.436 e. The summed E-state index contributed by atoms with van der Waals surface area (Å²) in [6.45, 7) is 3.93. The molecular formula is C22H17ClN2O2. The molecule has 27 heavy (non-hydrogen) atoms. The van der Waals surface area contributed by atoms with E-state index in [0.29, 0.717) is 22.2 Å². The summed E-state index contributed by atoms with van der Waals surface area (Å²) in [6.07, 6.45) is 0. The number of para-hydroxylation sites is 1. The van der Waals surface area contributed by atoms with Gasteiger partial charge in [0.05, 0.1) is 10.6 Å². The van der Waals surface area contributed by atoms with E-state index in [4.69, 9.17) is 16.0 Å². The van der Waals surface area contributed by atoms with E-state index in [-0.39, 0.29) is 5.91 Å². The molecule has 1 aromatic heterocycles. The summed E-state index contributed by atoms with van der Waals surface area (Å²) in [5.74, 6) is 0.266. The first kappa shape index (κ1) is 17.3. The molecule has 0 fully saturated rings. The number of halogens is 1. The SMILES string of the molecule is Cc1ccc(-c2nc3c(C)cccc3o2)cc1NC(=O)c1ccccc1Cl. The van der Waals surface area contributed by atoms with E-state index in [9.17, 15) is 4.79 Å². The normalized spacial score (nSPS) is 10.9. The van der Waals surface area contributed by atoms with Crippen LogP contribution in [0.3, 0.4) is 0 Å². The highest BCUT2D eigenvalue weighted by Crippen LogP contribution is 2.29. The highest BCUT2D eigenvalue weighted by molar-refractivity contribution is 6.34. The Hall–Kier alpha value is -3.11. The van der Waals surface area contributed by atoms with Crippen LogP contribution in [0, 0.1) is 13.8 Å². The summed E-state index contributed by atoms with van der Waals surface area (Å²) in [6, 6.07) is 18.5. The van der Waals surface area contributed by atoms with Crippen LogP contribution in [0.1, 0.15) is 21.5 Å². The van der Waals surface area contributed by atoms with E-state index in [1.807, 2.05) is 50.2 Å². The van der Waals surface area contributed by atoms with Gasteiger partial charge in [-0.1, -0.05) is 41.9 Å². The number of fused-ring (bicyclic) bond motifs is 1. The molecule has 0 aliphatic heterocycles. The molecule has 0 spiro atoms. The molecule has 0 atom stereocenters. The second-order valence-corrected chi connectivity index (χ2v) is 6.81. The molecule has 0 aliphatic rings. The number of anilines is 1. The first-order valence-corrected chi connectivity index (χ1v) is 8.94. The van der Waals surface area contributed by atoms with Crippen molar-refractivity contribution in [2.24, 2.45) is 0 Å². The molecule has 4 nitrogen and oxygen atoms in total. The lowest BCUT2D eigenvalue weighted by Crippen LogP contribution is -2.13. The highest BCUT2D eigenvalue weighted by Gasteiger charge is 2.14. The van der Waals surface area contributed by atoms with E-state index in [2.05, 4.69) is 10.3 Å². The smallest absolute Gasteiger partial charge is 0.257 e. The number of aryl methyl sites for hydroxylation is 2. The second kappa shape index (κ2) is 6.89. The van der Waals surface area contributed by atoms with Crippen LogP contribution in [0.5, 0.6) is 0 Å². The van der Waals surface area contributed by atoms with Crippen molar-refractivity contribution in [3.8, 4) is 11.5 Å². The van der Waals surface area contributed by atoms with Crippen LogP contribution in [0.25, 0.3) is 22.6 Å². The first-order valence-electron chi connectivity index (χ1n) is 8.56. The summed E-state index contributed by atoms with van der Waals surface area (Å²) in [5.41, 5.74) is 5.50. The van der Waals surface area contributed by atoms with Crippen LogP contribution in [0.4, 0.5) is 5.69 Å². The summed E-state index contributed by atoms with van der Waals surface area (Å²) in [5, 5.41) is 3.34. The fourth-order valence-electron chi connectivity index (χ4n) is 2.93. The zero-order valence-corrected chi connectivity index (χ0v) is 15.7. The Balaban J connectivity index is 1.70. The van der Waals surface area contributed by atoms with Gasteiger partial charge in [0.2, 0.25) is 5.89 Å². The lowest BCUT2D eigenvalue weighted by molar-refractivity contribution is 0.102. The maximum Gasteiger partial charge on any atom is 0.257 e. The van der Waals surface area contributed by atoms with Crippen LogP contribution in [-0.4, -0.2) is 10.9 Å². The topological polar surface area (TPSA) is 55.1 Å². The number of hydrogen-bond donors (Lipinski definition) is 1. The van der Waals surface area contributed by atoms with Gasteiger partial charge >= 0.3 is 0 Å². The molecule has 0 radical (unpaired) electrons. The number of amides is 1. The molecule has 1 amide bonds. The number of nitrogens with zero attached hydrogens (tertiary/aromatic N) is 1. The zero-order valence-electron chi connectivity index (χ0n) is 14.9. The molecule has 3 aromatic carbocycles. The molecule has 5 heteroatoms. The van der Waals surface area contributed by atoms with E-state index in [0.717, 1.165) is 27.8 Å². The maximum absolute atomic E-state index is 12.6. The van der Waals surface area contributed by atoms with Gasteiger partial charge < -0.3 is 9.73 Å². The van der Waals surface area contributed by atoms with Crippen molar-refractivity contribution in [1.29, 1.82) is 0 Å². The van der Waals surface area contributed by atoms with Crippen molar-refractivity contribution >= 4 is 34.3 Å². The van der Waals surface area contributed by atoms with Crippen LogP contribution in [0.2, 0.25) is 5.02 Å². The molecule has 0 aliphatic carbocycles. The Labute approximate surface area is 161 Å². The molecule has 0 bridgehead atoms. The third-order valence-electron chi connectivity index (χ3n) is 4.47. The maximum atomic E-state index is 12.6. The second-order valence-electron chi connectivity index (χ2n) is 6.40. The molecule has 1 heterocycles. The Bertz CT molecular complexity index is 1160. The number of aromatic nitrogens is 1. The average Bonchev–Trinajstić information content (AvgIpc) is 3.09. The molecule has 134 valence electrons.